The molecule has 10 heteroatoms. The highest BCUT2D eigenvalue weighted by Gasteiger charge is 2.54. The van der Waals surface area contributed by atoms with E-state index in [-0.39, 0.29) is 17.4 Å². The maximum absolute atomic E-state index is 13.3. The fourth-order valence-electron chi connectivity index (χ4n) is 3.57. The van der Waals surface area contributed by atoms with Crippen molar-refractivity contribution in [1.82, 2.24) is 5.01 Å². The molecule has 1 aliphatic carbocycles. The molecule has 0 unspecified atom stereocenters. The van der Waals surface area contributed by atoms with Crippen LogP contribution in [-0.4, -0.2) is 40.3 Å². The Morgan fingerprint density at radius 3 is 2.70 bits per heavy atom. The van der Waals surface area contributed by atoms with Crippen LogP contribution in [0.5, 0.6) is 5.75 Å². The number of aliphatic hydroxyl groups is 1. The second-order valence-corrected chi connectivity index (χ2v) is 7.20. The van der Waals surface area contributed by atoms with Crippen molar-refractivity contribution in [1.29, 1.82) is 0 Å². The smallest absolute Gasteiger partial charge is 0.312 e. The Labute approximate surface area is 168 Å². The minimum atomic E-state index is -3.50. The number of alkyl halides is 4. The molecule has 4 rings (SSSR count). The van der Waals surface area contributed by atoms with Crippen LogP contribution < -0.4 is 4.74 Å². The highest BCUT2D eigenvalue weighted by atomic mass is 19.3. The molecule has 0 fully saturated rings. The summed E-state index contributed by atoms with van der Waals surface area (Å²) in [5.41, 5.74) is -1.65. The Hall–Kier alpha value is -2.88. The van der Waals surface area contributed by atoms with E-state index in [0.29, 0.717) is 5.75 Å². The zero-order valence-corrected chi connectivity index (χ0v) is 15.7. The number of halogens is 4. The van der Waals surface area contributed by atoms with Gasteiger partial charge in [0.15, 0.2) is 5.76 Å². The van der Waals surface area contributed by atoms with Gasteiger partial charge in [-0.15, -0.1) is 0 Å². The van der Waals surface area contributed by atoms with Gasteiger partial charge in [0.2, 0.25) is 5.72 Å². The summed E-state index contributed by atoms with van der Waals surface area (Å²) < 4.78 is 63.3. The number of benzene rings is 1. The number of hydrogen-bond acceptors (Lipinski definition) is 5. The van der Waals surface area contributed by atoms with Crippen LogP contribution in [0.15, 0.2) is 39.9 Å². The molecule has 2 aliphatic rings. The molecule has 0 spiro atoms. The second-order valence-electron chi connectivity index (χ2n) is 7.20. The van der Waals surface area contributed by atoms with Crippen LogP contribution >= 0.6 is 0 Å². The van der Waals surface area contributed by atoms with Crippen LogP contribution in [0.25, 0.3) is 0 Å². The molecule has 160 valence electrons. The van der Waals surface area contributed by atoms with Gasteiger partial charge in [-0.1, -0.05) is 6.07 Å². The van der Waals surface area contributed by atoms with Gasteiger partial charge >= 0.3 is 5.91 Å². The molecule has 1 amide bonds. The number of carbonyl (C=O) groups excluding carboxylic acids is 1. The molecule has 1 N–H and O–H groups in total. The number of hydrazone groups is 1. The number of fused-ring (bicyclic) bond motifs is 1. The van der Waals surface area contributed by atoms with E-state index in [1.807, 2.05) is 18.2 Å². The Balaban J connectivity index is 1.47. The first kappa shape index (κ1) is 20.4. The van der Waals surface area contributed by atoms with E-state index in [0.717, 1.165) is 19.3 Å². The van der Waals surface area contributed by atoms with Crippen molar-refractivity contribution < 1.29 is 36.6 Å². The molecule has 1 aliphatic heterocycles. The minimum Gasteiger partial charge on any atom is -0.486 e. The summed E-state index contributed by atoms with van der Waals surface area (Å²) in [6.45, 7) is -0.0310. The fourth-order valence-corrected chi connectivity index (χ4v) is 3.57. The van der Waals surface area contributed by atoms with Crippen LogP contribution in [-0.2, 0) is 19.4 Å². The van der Waals surface area contributed by atoms with E-state index in [1.54, 1.807) is 0 Å². The summed E-state index contributed by atoms with van der Waals surface area (Å²) >= 11 is 0. The minimum absolute atomic E-state index is 0.0310. The topological polar surface area (TPSA) is 75.3 Å². The first-order valence-corrected chi connectivity index (χ1v) is 9.32. The average molecular weight is 426 g/mol. The first-order chi connectivity index (χ1) is 14.3. The van der Waals surface area contributed by atoms with E-state index in [4.69, 9.17) is 9.15 Å². The number of carbonyl (C=O) groups is 1. The lowest BCUT2D eigenvalue weighted by Gasteiger charge is -2.29. The number of ether oxygens (including phenoxy) is 1. The maximum Gasteiger partial charge on any atom is 0.312 e. The summed E-state index contributed by atoms with van der Waals surface area (Å²) in [7, 11) is 0. The van der Waals surface area contributed by atoms with Crippen molar-refractivity contribution in [3.63, 3.8) is 0 Å². The van der Waals surface area contributed by atoms with Crippen molar-refractivity contribution in [2.45, 2.75) is 50.9 Å². The lowest BCUT2D eigenvalue weighted by atomic mass is 10.1. The van der Waals surface area contributed by atoms with Crippen LogP contribution in [0.4, 0.5) is 17.6 Å². The third-order valence-electron chi connectivity index (χ3n) is 5.15. The lowest BCUT2D eigenvalue weighted by Crippen LogP contribution is -2.51. The maximum atomic E-state index is 13.3. The van der Waals surface area contributed by atoms with Gasteiger partial charge in [0, 0.05) is 6.42 Å². The molecule has 0 saturated heterocycles. The van der Waals surface area contributed by atoms with E-state index in [1.165, 1.54) is 23.3 Å². The van der Waals surface area contributed by atoms with Crippen LogP contribution in [0.1, 0.15) is 40.3 Å². The number of furan rings is 1. The van der Waals surface area contributed by atoms with E-state index in [2.05, 4.69) is 5.10 Å². The Morgan fingerprint density at radius 2 is 1.97 bits per heavy atom. The number of nitrogens with zero attached hydrogens (tertiary/aromatic N) is 2. The van der Waals surface area contributed by atoms with Crippen LogP contribution in [0.2, 0.25) is 0 Å². The summed E-state index contributed by atoms with van der Waals surface area (Å²) in [4.78, 5) is 12.5. The average Bonchev–Trinajstić information content (AvgIpc) is 3.44. The molecule has 1 aromatic carbocycles. The van der Waals surface area contributed by atoms with E-state index < -0.39 is 42.4 Å². The van der Waals surface area contributed by atoms with E-state index in [9.17, 15) is 27.5 Å². The van der Waals surface area contributed by atoms with E-state index >= 15 is 0 Å². The SMILES string of the molecule is O=C(c1ccc(COc2ccc3c(c2)CCC3)o1)N1N=C(C(F)F)C[C@]1(O)C(F)F. The molecule has 30 heavy (non-hydrogen) atoms. The predicted octanol–water partition coefficient (Wildman–Crippen LogP) is 3.77. The zero-order valence-electron chi connectivity index (χ0n) is 15.7. The summed E-state index contributed by atoms with van der Waals surface area (Å²) in [6.07, 6.45) is -4.71. The number of amides is 1. The summed E-state index contributed by atoms with van der Waals surface area (Å²) in [6, 6.07) is 8.34. The van der Waals surface area contributed by atoms with Crippen molar-refractivity contribution in [3.05, 3.63) is 53.0 Å². The Kier molecular flexibility index (Phi) is 5.27. The Morgan fingerprint density at radius 1 is 1.20 bits per heavy atom. The molecule has 0 bridgehead atoms. The normalized spacial score (nSPS) is 20.8. The molecule has 6 nitrogen and oxygen atoms in total. The van der Waals surface area contributed by atoms with Gasteiger partial charge in [-0.25, -0.2) is 17.6 Å². The number of rotatable bonds is 6. The monoisotopic (exact) mass is 426 g/mol. The molecular weight excluding hydrogens is 408 g/mol. The summed E-state index contributed by atoms with van der Waals surface area (Å²) in [5, 5.41) is 13.2. The highest BCUT2D eigenvalue weighted by Crippen LogP contribution is 2.34. The van der Waals surface area contributed by atoms with Crippen molar-refractivity contribution >= 4 is 11.6 Å². The number of hydrogen-bond donors (Lipinski definition) is 1. The van der Waals surface area contributed by atoms with Crippen molar-refractivity contribution in [3.8, 4) is 5.75 Å². The van der Waals surface area contributed by atoms with Crippen LogP contribution in [0, 0.1) is 0 Å². The largest absolute Gasteiger partial charge is 0.486 e. The van der Waals surface area contributed by atoms with Gasteiger partial charge in [0.25, 0.3) is 12.9 Å². The standard InChI is InChI=1S/C20H18F4N2O4/c21-17(22)15-9-20(28,19(23)24)26(25-15)18(27)16-7-6-14(30-16)10-29-13-5-4-11-2-1-3-12(11)8-13/h4-8,17,19,28H,1-3,9-10H2/t20-/m0/s1. The second kappa shape index (κ2) is 7.75. The van der Waals surface area contributed by atoms with Crippen LogP contribution in [0.3, 0.4) is 0 Å². The van der Waals surface area contributed by atoms with Gasteiger partial charge in [-0.05, 0) is 54.7 Å². The molecule has 1 aromatic heterocycles. The molecule has 2 aromatic rings. The third-order valence-corrected chi connectivity index (χ3v) is 5.15. The molecule has 0 saturated carbocycles. The molecule has 0 radical (unpaired) electrons. The Bertz CT molecular complexity index is 991. The predicted molar refractivity (Wildman–Crippen MR) is 96.7 cm³/mol. The highest BCUT2D eigenvalue weighted by molar-refractivity contribution is 5.97. The van der Waals surface area contributed by atoms with Crippen molar-refractivity contribution in [2.75, 3.05) is 0 Å². The van der Waals surface area contributed by atoms with Gasteiger partial charge in [0.1, 0.15) is 23.8 Å². The third kappa shape index (κ3) is 3.67. The van der Waals surface area contributed by atoms with Crippen molar-refractivity contribution in [2.24, 2.45) is 5.10 Å². The summed E-state index contributed by atoms with van der Waals surface area (Å²) in [5.74, 6) is -0.840. The van der Waals surface area contributed by atoms with Gasteiger partial charge < -0.3 is 14.3 Å². The van der Waals surface area contributed by atoms with Gasteiger partial charge in [-0.3, -0.25) is 4.79 Å². The number of aryl methyl sites for hydroxylation is 2. The zero-order chi connectivity index (χ0) is 21.5. The fraction of sp³-hybridized carbons (Fsp3) is 0.400. The molecule has 2 heterocycles. The first-order valence-electron chi connectivity index (χ1n) is 9.32. The lowest BCUT2D eigenvalue weighted by molar-refractivity contribution is -0.164. The molecule has 1 atom stereocenters. The quantitative estimate of drug-likeness (QED) is 0.714. The van der Waals surface area contributed by atoms with Gasteiger partial charge in [-0.2, -0.15) is 10.1 Å². The van der Waals surface area contributed by atoms with Gasteiger partial charge in [0.05, 0.1) is 0 Å². The molecular formula is C20H18F4N2O4.